The molecule has 3 saturated heterocycles. The normalized spacial score (nSPS) is 30.8. The van der Waals surface area contributed by atoms with E-state index in [0.717, 1.165) is 18.6 Å². The third-order valence-electron chi connectivity index (χ3n) is 4.95. The summed E-state index contributed by atoms with van der Waals surface area (Å²) < 4.78 is 68.0. The van der Waals surface area contributed by atoms with Gasteiger partial charge in [0, 0.05) is 17.5 Å². The third kappa shape index (κ3) is 3.79. The molecule has 1 aromatic rings. The Labute approximate surface area is 164 Å². The Kier molecular flexibility index (Phi) is 4.95. The highest BCUT2D eigenvalue weighted by molar-refractivity contribution is 8.16. The van der Waals surface area contributed by atoms with Crippen LogP contribution in [0.4, 0.5) is 18.9 Å². The van der Waals surface area contributed by atoms with Crippen molar-refractivity contribution in [1.82, 2.24) is 0 Å². The second-order valence-corrected chi connectivity index (χ2v) is 10.3. The average Bonchev–Trinajstić information content (AvgIpc) is 3.29. The Bertz CT molecular complexity index is 909. The fourth-order valence-corrected chi connectivity index (χ4v) is 7.54. The molecule has 6 nitrogen and oxygen atoms in total. The van der Waals surface area contributed by atoms with Gasteiger partial charge in [0.05, 0.1) is 23.1 Å². The van der Waals surface area contributed by atoms with Crippen molar-refractivity contribution in [3.05, 3.63) is 29.8 Å². The Morgan fingerprint density at radius 1 is 1.21 bits per heavy atom. The molecule has 3 aliphatic rings. The van der Waals surface area contributed by atoms with E-state index in [1.807, 2.05) is 0 Å². The van der Waals surface area contributed by atoms with E-state index in [1.165, 1.54) is 23.9 Å². The largest absolute Gasteiger partial charge is 0.416 e. The number of alkyl halides is 3. The van der Waals surface area contributed by atoms with Crippen LogP contribution >= 0.6 is 11.8 Å². The molecule has 0 aliphatic carbocycles. The number of hydrogen-bond acceptors (Lipinski definition) is 5. The van der Waals surface area contributed by atoms with Crippen molar-refractivity contribution in [3.8, 4) is 0 Å². The zero-order valence-electron chi connectivity index (χ0n) is 14.6. The molecular weight excluding hydrogens is 417 g/mol. The fourth-order valence-electron chi connectivity index (χ4n) is 3.62. The molecule has 152 valence electrons. The van der Waals surface area contributed by atoms with E-state index in [1.54, 1.807) is 4.90 Å². The number of benzene rings is 1. The first-order valence-electron chi connectivity index (χ1n) is 8.72. The van der Waals surface area contributed by atoms with E-state index in [4.69, 9.17) is 4.74 Å². The second-order valence-electron chi connectivity index (χ2n) is 6.95. The second kappa shape index (κ2) is 7.03. The quantitative estimate of drug-likeness (QED) is 0.712. The number of nitrogens with zero attached hydrogens (tertiary/aromatic N) is 2. The monoisotopic (exact) mass is 434 g/mol. The molecule has 0 saturated carbocycles. The maximum Gasteiger partial charge on any atom is 0.416 e. The maximum absolute atomic E-state index is 12.9. The summed E-state index contributed by atoms with van der Waals surface area (Å²) in [7, 11) is -3.25. The summed E-state index contributed by atoms with van der Waals surface area (Å²) in [6.07, 6.45) is -3.75. The van der Waals surface area contributed by atoms with Crippen molar-refractivity contribution >= 4 is 38.4 Å². The number of ether oxygens (including phenoxy) is 1. The lowest BCUT2D eigenvalue weighted by atomic mass is 10.1. The molecule has 0 bridgehead atoms. The van der Waals surface area contributed by atoms with Gasteiger partial charge in [-0.3, -0.25) is 4.79 Å². The van der Waals surface area contributed by atoms with Gasteiger partial charge < -0.3 is 9.64 Å². The Hall–Kier alpha value is -1.59. The number of carbonyl (C=O) groups excluding carboxylic acids is 1. The maximum atomic E-state index is 12.9. The Morgan fingerprint density at radius 2 is 1.93 bits per heavy atom. The number of hydrogen-bond donors (Lipinski definition) is 0. The van der Waals surface area contributed by atoms with Gasteiger partial charge in [0.2, 0.25) is 0 Å². The molecule has 28 heavy (non-hydrogen) atoms. The summed E-state index contributed by atoms with van der Waals surface area (Å²) in [5.41, 5.74) is -0.420. The Morgan fingerprint density at radius 3 is 2.54 bits per heavy atom. The van der Waals surface area contributed by atoms with Gasteiger partial charge in [0.15, 0.2) is 15.0 Å². The lowest BCUT2D eigenvalue weighted by Crippen LogP contribution is -2.38. The van der Waals surface area contributed by atoms with Gasteiger partial charge in [-0.25, -0.2) is 8.42 Å². The predicted molar refractivity (Wildman–Crippen MR) is 99.2 cm³/mol. The lowest BCUT2D eigenvalue weighted by Gasteiger charge is -2.25. The molecule has 3 fully saturated rings. The van der Waals surface area contributed by atoms with E-state index in [0.29, 0.717) is 23.9 Å². The minimum atomic E-state index is -4.47. The van der Waals surface area contributed by atoms with Crippen LogP contribution in [-0.4, -0.2) is 55.0 Å². The molecule has 11 heteroatoms. The van der Waals surface area contributed by atoms with Gasteiger partial charge in [-0.15, -0.1) is 0 Å². The molecular formula is C17H17F3N2O4S2. The standard InChI is InChI=1S/C17H17F3N2O4S2/c18-17(19,20)10-3-5-11(6-4-10)22-12-8-28(24,25)9-14(12)27-16(22)21-15(23)13-2-1-7-26-13/h3-6,12-14H,1-2,7-9H2. The van der Waals surface area contributed by atoms with Crippen LogP contribution in [0.5, 0.6) is 0 Å². The van der Waals surface area contributed by atoms with Crippen molar-refractivity contribution in [2.24, 2.45) is 4.99 Å². The fraction of sp³-hybridized carbons (Fsp3) is 0.529. The van der Waals surface area contributed by atoms with Gasteiger partial charge in [0.25, 0.3) is 5.91 Å². The average molecular weight is 434 g/mol. The number of rotatable bonds is 2. The summed E-state index contributed by atoms with van der Waals surface area (Å²) in [5.74, 6) is -0.620. The van der Waals surface area contributed by atoms with Crippen molar-refractivity contribution in [3.63, 3.8) is 0 Å². The van der Waals surface area contributed by atoms with Crippen molar-refractivity contribution in [1.29, 1.82) is 0 Å². The lowest BCUT2D eigenvalue weighted by molar-refractivity contribution is -0.137. The summed E-state index contributed by atoms with van der Waals surface area (Å²) in [6.45, 7) is 0.487. The first kappa shape index (κ1) is 19.7. The molecule has 3 atom stereocenters. The van der Waals surface area contributed by atoms with Crippen LogP contribution in [0.3, 0.4) is 0 Å². The molecule has 0 N–H and O–H groups in total. The number of thioether (sulfide) groups is 1. The number of amides is 1. The minimum Gasteiger partial charge on any atom is -0.368 e. The number of fused-ring (bicyclic) bond motifs is 1. The molecule has 3 aliphatic heterocycles. The van der Waals surface area contributed by atoms with Crippen LogP contribution in [0.15, 0.2) is 29.3 Å². The number of carbonyl (C=O) groups is 1. The van der Waals surface area contributed by atoms with Crippen LogP contribution < -0.4 is 4.90 Å². The minimum absolute atomic E-state index is 0.0490. The van der Waals surface area contributed by atoms with Crippen molar-refractivity contribution < 1.29 is 31.1 Å². The highest BCUT2D eigenvalue weighted by Crippen LogP contribution is 2.41. The first-order chi connectivity index (χ1) is 13.1. The first-order valence-corrected chi connectivity index (χ1v) is 11.4. The zero-order valence-corrected chi connectivity index (χ0v) is 16.2. The topological polar surface area (TPSA) is 76.0 Å². The molecule has 3 heterocycles. The molecule has 1 aromatic carbocycles. The third-order valence-corrected chi connectivity index (χ3v) is 8.16. The van der Waals surface area contributed by atoms with Crippen LogP contribution in [0, 0.1) is 0 Å². The number of amidine groups is 1. The van der Waals surface area contributed by atoms with E-state index >= 15 is 0 Å². The zero-order chi connectivity index (χ0) is 20.1. The van der Waals surface area contributed by atoms with Crippen molar-refractivity contribution in [2.75, 3.05) is 23.0 Å². The van der Waals surface area contributed by atoms with Crippen LogP contribution in [0.1, 0.15) is 18.4 Å². The Balaban J connectivity index is 1.67. The highest BCUT2D eigenvalue weighted by atomic mass is 32.2. The van der Waals surface area contributed by atoms with Crippen molar-refractivity contribution in [2.45, 2.75) is 36.4 Å². The van der Waals surface area contributed by atoms with Gasteiger partial charge >= 0.3 is 6.18 Å². The van der Waals surface area contributed by atoms with Gasteiger partial charge in [-0.05, 0) is 37.1 Å². The molecule has 0 aromatic heterocycles. The summed E-state index contributed by atoms with van der Waals surface area (Å²) in [6, 6.07) is 3.97. The van der Waals surface area contributed by atoms with E-state index in [-0.39, 0.29) is 16.8 Å². The summed E-state index contributed by atoms with van der Waals surface area (Å²) >= 11 is 1.18. The molecule has 0 radical (unpaired) electrons. The van der Waals surface area contributed by atoms with Crippen LogP contribution in [0.2, 0.25) is 0 Å². The highest BCUT2D eigenvalue weighted by Gasteiger charge is 2.49. The number of halogens is 3. The molecule has 1 amide bonds. The smallest absolute Gasteiger partial charge is 0.368 e. The number of anilines is 1. The van der Waals surface area contributed by atoms with Gasteiger partial charge in [-0.2, -0.15) is 18.2 Å². The van der Waals surface area contributed by atoms with E-state index in [2.05, 4.69) is 4.99 Å². The van der Waals surface area contributed by atoms with E-state index in [9.17, 15) is 26.4 Å². The van der Waals surface area contributed by atoms with Gasteiger partial charge in [-0.1, -0.05) is 11.8 Å². The molecule has 4 rings (SSSR count). The SMILES string of the molecule is O=C(N=C1SC2CS(=O)(=O)CC2N1c1ccc(C(F)(F)F)cc1)C1CCCO1. The number of aliphatic imine (C=N–C) groups is 1. The van der Waals surface area contributed by atoms with E-state index < -0.39 is 39.6 Å². The molecule has 0 spiro atoms. The van der Waals surface area contributed by atoms with Crippen LogP contribution in [0.25, 0.3) is 0 Å². The predicted octanol–water partition coefficient (Wildman–Crippen LogP) is 2.49. The van der Waals surface area contributed by atoms with Gasteiger partial charge in [0.1, 0.15) is 6.10 Å². The summed E-state index contributed by atoms with van der Waals surface area (Å²) in [5, 5.41) is -0.00602. The molecule has 3 unspecified atom stereocenters. The van der Waals surface area contributed by atoms with Crippen LogP contribution in [-0.2, 0) is 25.5 Å². The number of sulfone groups is 1. The summed E-state index contributed by atoms with van der Waals surface area (Å²) in [4.78, 5) is 18.1.